The fourth-order valence-electron chi connectivity index (χ4n) is 3.40. The molecule has 2 bridgehead atoms. The third-order valence-electron chi connectivity index (χ3n) is 4.71. The summed E-state index contributed by atoms with van der Waals surface area (Å²) >= 11 is 0. The summed E-state index contributed by atoms with van der Waals surface area (Å²) in [4.78, 5) is 10.6. The molecule has 3 nitrogen and oxygen atoms in total. The summed E-state index contributed by atoms with van der Waals surface area (Å²) in [5.41, 5.74) is 0. The van der Waals surface area contributed by atoms with Crippen LogP contribution < -0.4 is 0 Å². The smallest absolute Gasteiger partial charge is 0.293 e. The Kier molecular flexibility index (Phi) is 3.76. The second kappa shape index (κ2) is 4.97. The molecule has 0 aromatic heterocycles. The molecule has 98 valence electrons. The summed E-state index contributed by atoms with van der Waals surface area (Å²) in [5, 5.41) is 0. The number of hydrogen-bond acceptors (Lipinski definition) is 3. The molecule has 0 amide bonds. The van der Waals surface area contributed by atoms with Crippen LogP contribution in [0.4, 0.5) is 0 Å². The zero-order chi connectivity index (χ0) is 12.6. The van der Waals surface area contributed by atoms with Gasteiger partial charge in [0.2, 0.25) is 0 Å². The Morgan fingerprint density at radius 1 is 1.18 bits per heavy atom. The van der Waals surface area contributed by atoms with Crippen molar-refractivity contribution in [2.45, 2.75) is 58.8 Å². The monoisotopic (exact) mass is 240 g/mol. The van der Waals surface area contributed by atoms with Crippen molar-refractivity contribution in [1.82, 2.24) is 0 Å². The average Bonchev–Trinajstić information content (AvgIpc) is 2.77. The topological polar surface area (TPSA) is 35.5 Å². The third kappa shape index (κ3) is 2.35. The number of hydrogen-bond donors (Lipinski definition) is 0. The van der Waals surface area contributed by atoms with Crippen molar-refractivity contribution < 1.29 is 14.3 Å². The van der Waals surface area contributed by atoms with Crippen LogP contribution in [0.5, 0.6) is 0 Å². The highest BCUT2D eigenvalue weighted by Crippen LogP contribution is 2.51. The molecule has 0 heterocycles. The van der Waals surface area contributed by atoms with Gasteiger partial charge >= 0.3 is 0 Å². The van der Waals surface area contributed by atoms with E-state index in [-0.39, 0.29) is 18.3 Å². The Balaban J connectivity index is 2.03. The minimum absolute atomic E-state index is 0.0116. The summed E-state index contributed by atoms with van der Waals surface area (Å²) in [7, 11) is 0. The number of carbonyl (C=O) groups excluding carboxylic acids is 1. The van der Waals surface area contributed by atoms with Crippen molar-refractivity contribution in [3.63, 3.8) is 0 Å². The highest BCUT2D eigenvalue weighted by atomic mass is 16.6. The van der Waals surface area contributed by atoms with Gasteiger partial charge in [0.05, 0.1) is 12.2 Å². The Hall–Kier alpha value is -0.570. The van der Waals surface area contributed by atoms with Crippen LogP contribution in [0, 0.1) is 23.7 Å². The van der Waals surface area contributed by atoms with E-state index in [9.17, 15) is 4.79 Å². The lowest BCUT2D eigenvalue weighted by molar-refractivity contribution is -0.157. The van der Waals surface area contributed by atoms with Gasteiger partial charge in [-0.1, -0.05) is 20.8 Å². The van der Waals surface area contributed by atoms with Gasteiger partial charge in [-0.25, -0.2) is 0 Å². The van der Waals surface area contributed by atoms with E-state index in [1.165, 1.54) is 6.42 Å². The van der Waals surface area contributed by atoms with Gasteiger partial charge in [-0.2, -0.15) is 0 Å². The molecule has 2 aliphatic rings. The van der Waals surface area contributed by atoms with Gasteiger partial charge < -0.3 is 9.47 Å². The van der Waals surface area contributed by atoms with Crippen LogP contribution in [0.25, 0.3) is 0 Å². The molecular weight excluding hydrogens is 216 g/mol. The highest BCUT2D eigenvalue weighted by Gasteiger charge is 2.53. The van der Waals surface area contributed by atoms with Crippen molar-refractivity contribution in [3.8, 4) is 0 Å². The van der Waals surface area contributed by atoms with Crippen LogP contribution >= 0.6 is 0 Å². The zero-order valence-corrected chi connectivity index (χ0v) is 11.3. The van der Waals surface area contributed by atoms with Crippen LogP contribution in [-0.2, 0) is 14.3 Å². The highest BCUT2D eigenvalue weighted by molar-refractivity contribution is 5.38. The molecule has 6 atom stereocenters. The molecule has 2 fully saturated rings. The molecule has 0 N–H and O–H groups in total. The van der Waals surface area contributed by atoms with E-state index >= 15 is 0 Å². The number of fused-ring (bicyclic) bond motifs is 2. The molecule has 0 spiro atoms. The molecule has 17 heavy (non-hydrogen) atoms. The van der Waals surface area contributed by atoms with Gasteiger partial charge in [0, 0.05) is 5.92 Å². The molecule has 0 radical (unpaired) electrons. The van der Waals surface area contributed by atoms with E-state index in [2.05, 4.69) is 27.7 Å². The summed E-state index contributed by atoms with van der Waals surface area (Å²) in [6.07, 6.45) is 2.72. The fourth-order valence-corrected chi connectivity index (χ4v) is 3.40. The number of ether oxygens (including phenoxy) is 2. The van der Waals surface area contributed by atoms with E-state index in [1.807, 2.05) is 0 Å². The lowest BCUT2D eigenvalue weighted by atomic mass is 9.86. The first-order valence-corrected chi connectivity index (χ1v) is 6.79. The molecule has 0 aromatic carbocycles. The van der Waals surface area contributed by atoms with Crippen molar-refractivity contribution >= 4 is 6.47 Å². The predicted molar refractivity (Wildman–Crippen MR) is 65.5 cm³/mol. The van der Waals surface area contributed by atoms with E-state index in [0.717, 1.165) is 6.42 Å². The van der Waals surface area contributed by atoms with E-state index in [4.69, 9.17) is 9.47 Å². The maximum atomic E-state index is 10.6. The minimum atomic E-state index is -0.0116. The third-order valence-corrected chi connectivity index (χ3v) is 4.71. The van der Waals surface area contributed by atoms with Crippen LogP contribution in [-0.4, -0.2) is 24.8 Å². The standard InChI is InChI=1S/C14H24O3/c1-8(2)10(4)17-13-11-5-9(3)12(6-11)14(13)16-7-15/h7-14H,5-6H2,1-4H3/t9?,10-,11?,12?,13?,14?/m1/s1. The summed E-state index contributed by atoms with van der Waals surface area (Å²) < 4.78 is 11.4. The maximum absolute atomic E-state index is 10.6. The fraction of sp³-hybridized carbons (Fsp3) is 0.929. The average molecular weight is 240 g/mol. The largest absolute Gasteiger partial charge is 0.461 e. The SMILES string of the molecule is CC1CC2CC1C(OC=O)C2O[C@H](C)C(C)C. The van der Waals surface area contributed by atoms with Crippen molar-refractivity contribution in [1.29, 1.82) is 0 Å². The Morgan fingerprint density at radius 2 is 1.88 bits per heavy atom. The van der Waals surface area contributed by atoms with E-state index in [0.29, 0.717) is 30.1 Å². The number of rotatable bonds is 5. The molecule has 2 aliphatic carbocycles. The number of carbonyl (C=O) groups is 1. The Bertz CT molecular complexity index is 277. The van der Waals surface area contributed by atoms with Crippen LogP contribution in [0.2, 0.25) is 0 Å². The van der Waals surface area contributed by atoms with Crippen LogP contribution in [0.3, 0.4) is 0 Å². The second-order valence-corrected chi connectivity index (χ2v) is 6.12. The minimum Gasteiger partial charge on any atom is -0.461 e. The quantitative estimate of drug-likeness (QED) is 0.693. The van der Waals surface area contributed by atoms with Crippen molar-refractivity contribution in [2.75, 3.05) is 0 Å². The molecule has 0 saturated heterocycles. The second-order valence-electron chi connectivity index (χ2n) is 6.12. The van der Waals surface area contributed by atoms with Crippen LogP contribution in [0.15, 0.2) is 0 Å². The summed E-state index contributed by atoms with van der Waals surface area (Å²) in [6, 6.07) is 0. The van der Waals surface area contributed by atoms with Gasteiger partial charge in [-0.3, -0.25) is 4.79 Å². The molecule has 0 aromatic rings. The maximum Gasteiger partial charge on any atom is 0.293 e. The van der Waals surface area contributed by atoms with Gasteiger partial charge in [-0.15, -0.1) is 0 Å². The molecule has 3 heteroatoms. The van der Waals surface area contributed by atoms with Crippen molar-refractivity contribution in [3.05, 3.63) is 0 Å². The first-order chi connectivity index (χ1) is 8.04. The predicted octanol–water partition coefficient (Wildman–Crippen LogP) is 2.63. The van der Waals surface area contributed by atoms with Crippen molar-refractivity contribution in [2.24, 2.45) is 23.7 Å². The zero-order valence-electron chi connectivity index (χ0n) is 11.3. The van der Waals surface area contributed by atoms with Gasteiger partial charge in [0.1, 0.15) is 6.10 Å². The lowest BCUT2D eigenvalue weighted by Crippen LogP contribution is -2.42. The molecular formula is C14H24O3. The van der Waals surface area contributed by atoms with E-state index < -0.39 is 0 Å². The van der Waals surface area contributed by atoms with Gasteiger partial charge in [-0.05, 0) is 37.5 Å². The molecule has 0 aliphatic heterocycles. The molecule has 5 unspecified atom stereocenters. The molecule has 2 rings (SSSR count). The first-order valence-electron chi connectivity index (χ1n) is 6.79. The van der Waals surface area contributed by atoms with Crippen LogP contribution in [0.1, 0.15) is 40.5 Å². The summed E-state index contributed by atoms with van der Waals surface area (Å²) in [6.45, 7) is 9.28. The van der Waals surface area contributed by atoms with Gasteiger partial charge in [0.15, 0.2) is 0 Å². The molecule has 2 saturated carbocycles. The Labute approximate surface area is 104 Å². The van der Waals surface area contributed by atoms with E-state index in [1.54, 1.807) is 0 Å². The lowest BCUT2D eigenvalue weighted by Gasteiger charge is -2.35. The Morgan fingerprint density at radius 3 is 2.47 bits per heavy atom. The van der Waals surface area contributed by atoms with Gasteiger partial charge in [0.25, 0.3) is 6.47 Å². The normalized spacial score (nSPS) is 41.8. The summed E-state index contributed by atoms with van der Waals surface area (Å²) in [5.74, 6) is 2.26. The first kappa shape index (κ1) is 12.9.